The Bertz CT molecular complexity index is 380. The molecule has 0 unspecified atom stereocenters. The first-order valence-corrected chi connectivity index (χ1v) is 16.4. The fourth-order valence-corrected chi connectivity index (χ4v) is 3.47. The summed E-state index contributed by atoms with van der Waals surface area (Å²) in [5.74, 6) is 1.97. The first-order chi connectivity index (χ1) is 16.3. The lowest BCUT2D eigenvalue weighted by molar-refractivity contribution is -0.120. The predicted octanol–water partition coefficient (Wildman–Crippen LogP) is 6.81. The highest BCUT2D eigenvalue weighted by Gasteiger charge is 1.98. The third kappa shape index (κ3) is 49.2. The molecule has 0 saturated heterocycles. The van der Waals surface area contributed by atoms with Gasteiger partial charge in [-0.3, -0.25) is 9.59 Å². The number of amides is 1. The van der Waals surface area contributed by atoms with Gasteiger partial charge in [0.2, 0.25) is 11.1 Å². The fourth-order valence-electron chi connectivity index (χ4n) is 2.49. The molecule has 3 N–H and O–H groups in total. The standard InChI is InChI=1S/C10H21NOS.2C6H15N.C4H7ClOS/c1-3-4-5-6-8-11-10(12)7-9-13-2;1-4-7(5-2)6-3;1-2-3-4-5-6-7;1-7-3-2-4(5)6/h3-9H2,1-2H3,(H,11,12);4-6H2,1-3H3;2-7H2,1H3;2-3H2,1H3. The minimum absolute atomic E-state index is 0.200. The molecule has 8 heteroatoms. The molecule has 34 heavy (non-hydrogen) atoms. The number of rotatable bonds is 18. The molecule has 0 atom stereocenters. The van der Waals surface area contributed by atoms with Crippen LogP contribution < -0.4 is 11.1 Å². The molecule has 0 aromatic carbocycles. The Labute approximate surface area is 226 Å². The van der Waals surface area contributed by atoms with Gasteiger partial charge in [-0.2, -0.15) is 23.5 Å². The molecule has 0 aromatic rings. The van der Waals surface area contributed by atoms with Gasteiger partial charge in [0.25, 0.3) is 0 Å². The van der Waals surface area contributed by atoms with Crippen LogP contribution in [0.3, 0.4) is 0 Å². The lowest BCUT2D eigenvalue weighted by atomic mass is 10.2. The highest BCUT2D eigenvalue weighted by Crippen LogP contribution is 1.99. The third-order valence-corrected chi connectivity index (χ3v) is 6.20. The van der Waals surface area contributed by atoms with Crippen LogP contribution in [0, 0.1) is 0 Å². The second kappa shape index (κ2) is 40.2. The van der Waals surface area contributed by atoms with Crippen molar-refractivity contribution in [1.82, 2.24) is 10.2 Å². The van der Waals surface area contributed by atoms with Gasteiger partial charge in [0.1, 0.15) is 0 Å². The molecule has 0 spiro atoms. The van der Waals surface area contributed by atoms with Crippen LogP contribution in [0.2, 0.25) is 0 Å². The Kier molecular flexibility index (Phi) is 48.7. The van der Waals surface area contributed by atoms with E-state index < -0.39 is 0 Å². The number of thioether (sulfide) groups is 2. The largest absolute Gasteiger partial charge is 0.356 e. The number of nitrogens with one attached hydrogen (secondary N) is 1. The van der Waals surface area contributed by atoms with Crippen molar-refractivity contribution in [2.24, 2.45) is 5.73 Å². The van der Waals surface area contributed by atoms with E-state index in [1.54, 1.807) is 23.5 Å². The predicted molar refractivity (Wildman–Crippen MR) is 161 cm³/mol. The third-order valence-electron chi connectivity index (χ3n) is 4.79. The lowest BCUT2D eigenvalue weighted by Crippen LogP contribution is -2.24. The summed E-state index contributed by atoms with van der Waals surface area (Å²) in [6.45, 7) is 16.2. The van der Waals surface area contributed by atoms with Crippen LogP contribution in [0.25, 0.3) is 0 Å². The van der Waals surface area contributed by atoms with Gasteiger partial charge in [0, 0.05) is 30.9 Å². The Balaban J connectivity index is -0.000000186. The second-order valence-electron chi connectivity index (χ2n) is 7.72. The summed E-state index contributed by atoms with van der Waals surface area (Å²) >= 11 is 8.35. The first-order valence-electron chi connectivity index (χ1n) is 13.2. The number of hydrogen-bond donors (Lipinski definition) is 2. The van der Waals surface area contributed by atoms with Crippen molar-refractivity contribution in [3.63, 3.8) is 0 Å². The number of nitrogens with two attached hydrogens (primary N) is 1. The summed E-state index contributed by atoms with van der Waals surface area (Å²) < 4.78 is 0. The Morgan fingerprint density at radius 2 is 1.24 bits per heavy atom. The highest BCUT2D eigenvalue weighted by molar-refractivity contribution is 7.98. The zero-order valence-electron chi connectivity index (χ0n) is 23.6. The second-order valence-corrected chi connectivity index (χ2v) is 10.1. The maximum atomic E-state index is 11.1. The van der Waals surface area contributed by atoms with E-state index in [0.717, 1.165) is 31.0 Å². The molecule has 0 saturated carbocycles. The maximum Gasteiger partial charge on any atom is 0.222 e. The minimum atomic E-state index is -0.241. The number of unbranched alkanes of at least 4 members (excludes halogenated alkanes) is 6. The Morgan fingerprint density at radius 1 is 0.765 bits per heavy atom. The fraction of sp³-hybridized carbons (Fsp3) is 0.923. The van der Waals surface area contributed by atoms with Gasteiger partial charge in [-0.15, -0.1) is 0 Å². The molecular formula is C26H58ClN3O2S2. The first kappa shape index (κ1) is 41.2. The molecule has 0 rings (SSSR count). The molecule has 0 radical (unpaired) electrons. The number of hydrogen-bond acceptors (Lipinski definition) is 6. The quantitative estimate of drug-likeness (QED) is 0.146. The molecule has 0 heterocycles. The maximum absolute atomic E-state index is 11.1. The number of carbonyl (C=O) groups excluding carboxylic acids is 2. The summed E-state index contributed by atoms with van der Waals surface area (Å²) in [5, 5.41) is 2.68. The SMILES string of the molecule is CCCCCCN.CCCCCCNC(=O)CCSC.CCN(CC)CC.CSCCC(=O)Cl. The Hall–Kier alpha value is 0.0500. The average molecular weight is 544 g/mol. The molecule has 0 fully saturated rings. The zero-order chi connectivity index (χ0) is 26.9. The Morgan fingerprint density at radius 3 is 1.56 bits per heavy atom. The highest BCUT2D eigenvalue weighted by atomic mass is 35.5. The van der Waals surface area contributed by atoms with E-state index in [1.165, 1.54) is 64.6 Å². The van der Waals surface area contributed by atoms with Crippen LogP contribution in [0.15, 0.2) is 0 Å². The summed E-state index contributed by atoms with van der Waals surface area (Å²) in [7, 11) is 0. The van der Waals surface area contributed by atoms with Crippen LogP contribution >= 0.6 is 35.1 Å². The van der Waals surface area contributed by atoms with Gasteiger partial charge >= 0.3 is 0 Å². The average Bonchev–Trinajstić information content (AvgIpc) is 2.84. The van der Waals surface area contributed by atoms with Gasteiger partial charge in [-0.25, -0.2) is 0 Å². The van der Waals surface area contributed by atoms with E-state index in [0.29, 0.717) is 12.8 Å². The van der Waals surface area contributed by atoms with Gasteiger partial charge < -0.3 is 16.0 Å². The van der Waals surface area contributed by atoms with Crippen molar-refractivity contribution < 1.29 is 9.59 Å². The summed E-state index contributed by atoms with van der Waals surface area (Å²) in [4.78, 5) is 23.4. The van der Waals surface area contributed by atoms with E-state index in [4.69, 9.17) is 17.3 Å². The number of halogens is 1. The van der Waals surface area contributed by atoms with Crippen molar-refractivity contribution in [1.29, 1.82) is 0 Å². The van der Waals surface area contributed by atoms with E-state index in [9.17, 15) is 9.59 Å². The zero-order valence-corrected chi connectivity index (χ0v) is 25.9. The van der Waals surface area contributed by atoms with Crippen LogP contribution in [0.4, 0.5) is 0 Å². The number of nitrogens with zero attached hydrogens (tertiary/aromatic N) is 1. The van der Waals surface area contributed by atoms with E-state index in [-0.39, 0.29) is 11.1 Å². The van der Waals surface area contributed by atoms with Crippen molar-refractivity contribution in [3.05, 3.63) is 0 Å². The van der Waals surface area contributed by atoms with Gasteiger partial charge in [0.05, 0.1) is 0 Å². The number of carbonyl (C=O) groups is 2. The summed E-state index contributed by atoms with van der Waals surface area (Å²) in [5.41, 5.74) is 5.27. The topological polar surface area (TPSA) is 75.4 Å². The molecule has 1 amide bonds. The molecule has 208 valence electrons. The summed E-state index contributed by atoms with van der Waals surface area (Å²) in [6, 6.07) is 0. The van der Waals surface area contributed by atoms with Crippen LogP contribution in [0.1, 0.15) is 98.8 Å². The molecule has 0 aliphatic heterocycles. The molecule has 0 aromatic heterocycles. The monoisotopic (exact) mass is 543 g/mol. The molecular weight excluding hydrogens is 486 g/mol. The van der Waals surface area contributed by atoms with E-state index in [1.807, 2.05) is 12.5 Å². The summed E-state index contributed by atoms with van der Waals surface area (Å²) in [6.07, 6.45) is 15.2. The van der Waals surface area contributed by atoms with Gasteiger partial charge in [0.15, 0.2) is 0 Å². The minimum Gasteiger partial charge on any atom is -0.356 e. The van der Waals surface area contributed by atoms with Crippen molar-refractivity contribution in [2.75, 3.05) is 56.7 Å². The van der Waals surface area contributed by atoms with Gasteiger partial charge in [-0.1, -0.05) is 73.1 Å². The smallest absolute Gasteiger partial charge is 0.222 e. The molecule has 5 nitrogen and oxygen atoms in total. The van der Waals surface area contributed by atoms with Crippen LogP contribution in [-0.4, -0.2) is 72.8 Å². The molecule has 0 bridgehead atoms. The van der Waals surface area contributed by atoms with Crippen LogP contribution in [0.5, 0.6) is 0 Å². The van der Waals surface area contributed by atoms with Gasteiger partial charge in [-0.05, 0) is 63.1 Å². The molecule has 0 aliphatic rings. The van der Waals surface area contributed by atoms with E-state index in [2.05, 4.69) is 44.8 Å². The van der Waals surface area contributed by atoms with Crippen molar-refractivity contribution in [2.45, 2.75) is 98.8 Å². The molecule has 0 aliphatic carbocycles. The normalized spacial score (nSPS) is 9.71. The van der Waals surface area contributed by atoms with Crippen molar-refractivity contribution in [3.8, 4) is 0 Å². The van der Waals surface area contributed by atoms with E-state index >= 15 is 0 Å². The van der Waals surface area contributed by atoms with Crippen LogP contribution in [-0.2, 0) is 9.59 Å². The lowest BCUT2D eigenvalue weighted by Gasteiger charge is -2.13. The van der Waals surface area contributed by atoms with Crippen molar-refractivity contribution >= 4 is 46.3 Å².